The maximum Gasteiger partial charge on any atom is 0.346 e. The lowest BCUT2D eigenvalue weighted by Gasteiger charge is -2.04. The number of nitrogens with zero attached hydrogens (tertiary/aromatic N) is 1. The highest BCUT2D eigenvalue weighted by atomic mass is 32.1. The quantitative estimate of drug-likeness (QED) is 0.783. The molecule has 2 aromatic rings. The Balaban J connectivity index is 1.79. The zero-order chi connectivity index (χ0) is 12.8. The van der Waals surface area contributed by atoms with E-state index in [4.69, 9.17) is 5.11 Å². The van der Waals surface area contributed by atoms with Crippen molar-refractivity contribution in [2.45, 2.75) is 13.0 Å². The second-order valence-corrected chi connectivity index (χ2v) is 4.78. The third-order valence-electron chi connectivity index (χ3n) is 2.57. The molecule has 0 aliphatic heterocycles. The van der Waals surface area contributed by atoms with Crippen molar-refractivity contribution in [1.82, 2.24) is 10.3 Å². The van der Waals surface area contributed by atoms with Gasteiger partial charge in [0, 0.05) is 18.9 Å². The molecule has 0 radical (unpaired) electrons. The van der Waals surface area contributed by atoms with Crippen molar-refractivity contribution in [3.63, 3.8) is 0 Å². The second kappa shape index (κ2) is 6.28. The number of aromatic carboxylic acids is 1. The Kier molecular flexibility index (Phi) is 4.44. The van der Waals surface area contributed by atoms with Crippen LogP contribution in [0.25, 0.3) is 0 Å². The van der Waals surface area contributed by atoms with Crippen LogP contribution < -0.4 is 5.32 Å². The Labute approximate surface area is 109 Å². The van der Waals surface area contributed by atoms with Gasteiger partial charge in [0.05, 0.1) is 0 Å². The summed E-state index contributed by atoms with van der Waals surface area (Å²) in [7, 11) is 0. The Morgan fingerprint density at radius 1 is 1.44 bits per heavy atom. The van der Waals surface area contributed by atoms with Crippen molar-refractivity contribution in [2.24, 2.45) is 0 Å². The number of rotatable bonds is 6. The molecule has 94 valence electrons. The Morgan fingerprint density at radius 3 is 3.06 bits per heavy atom. The van der Waals surface area contributed by atoms with Gasteiger partial charge in [0.1, 0.15) is 4.88 Å². The summed E-state index contributed by atoms with van der Waals surface area (Å²) >= 11 is 1.26. The predicted molar refractivity (Wildman–Crippen MR) is 70.9 cm³/mol. The number of carboxylic acid groups (broad SMARTS) is 1. The second-order valence-electron chi connectivity index (χ2n) is 3.87. The third kappa shape index (κ3) is 3.38. The molecule has 0 saturated heterocycles. The topological polar surface area (TPSA) is 62.2 Å². The summed E-state index contributed by atoms with van der Waals surface area (Å²) in [6.45, 7) is 1.39. The summed E-state index contributed by atoms with van der Waals surface area (Å²) in [5.41, 5.74) is 2.02. The predicted octanol–water partition coefficient (Wildman–Crippen LogP) is 2.17. The van der Waals surface area contributed by atoms with Crippen LogP contribution in [-0.4, -0.2) is 22.6 Å². The summed E-state index contributed by atoms with van der Waals surface area (Å²) in [4.78, 5) is 15.4. The minimum Gasteiger partial charge on any atom is -0.477 e. The molecular formula is C13H14N2O2S. The molecule has 0 aliphatic carbocycles. The van der Waals surface area contributed by atoms with Crippen LogP contribution in [0, 0.1) is 0 Å². The standard InChI is InChI=1S/C13H14N2O2S/c16-13(17)12-11(4-7-18-12)9-15-6-3-10-2-1-5-14-8-10/h1-2,4-5,7-8,15H,3,6,9H2,(H,16,17). The summed E-state index contributed by atoms with van der Waals surface area (Å²) in [5.74, 6) is -0.853. The highest BCUT2D eigenvalue weighted by molar-refractivity contribution is 7.12. The fraction of sp³-hybridized carbons (Fsp3) is 0.231. The summed E-state index contributed by atoms with van der Waals surface area (Å²) in [6, 6.07) is 5.80. The van der Waals surface area contributed by atoms with Crippen LogP contribution in [0.2, 0.25) is 0 Å². The minimum absolute atomic E-state index is 0.420. The van der Waals surface area contributed by atoms with Gasteiger partial charge in [-0.25, -0.2) is 4.79 Å². The normalized spacial score (nSPS) is 10.4. The highest BCUT2D eigenvalue weighted by Crippen LogP contribution is 2.16. The molecule has 2 rings (SSSR count). The number of carboxylic acids is 1. The largest absolute Gasteiger partial charge is 0.477 e. The van der Waals surface area contributed by atoms with Crippen LogP contribution in [-0.2, 0) is 13.0 Å². The molecule has 2 N–H and O–H groups in total. The SMILES string of the molecule is O=C(O)c1sccc1CNCCc1cccnc1. The molecule has 0 saturated carbocycles. The first-order chi connectivity index (χ1) is 8.77. The monoisotopic (exact) mass is 262 g/mol. The zero-order valence-corrected chi connectivity index (χ0v) is 10.6. The van der Waals surface area contributed by atoms with Gasteiger partial charge in [-0.3, -0.25) is 4.98 Å². The number of carbonyl (C=O) groups is 1. The van der Waals surface area contributed by atoms with Crippen LogP contribution in [0.3, 0.4) is 0 Å². The van der Waals surface area contributed by atoms with E-state index in [0.717, 1.165) is 18.5 Å². The van der Waals surface area contributed by atoms with Crippen LogP contribution >= 0.6 is 11.3 Å². The van der Waals surface area contributed by atoms with Crippen molar-refractivity contribution in [1.29, 1.82) is 0 Å². The van der Waals surface area contributed by atoms with Gasteiger partial charge in [-0.05, 0) is 41.6 Å². The van der Waals surface area contributed by atoms with E-state index in [0.29, 0.717) is 11.4 Å². The molecular weight excluding hydrogens is 248 g/mol. The lowest BCUT2D eigenvalue weighted by atomic mass is 10.2. The number of thiophene rings is 1. The number of nitrogens with one attached hydrogen (secondary N) is 1. The molecule has 0 aliphatic rings. The Bertz CT molecular complexity index is 511. The first-order valence-electron chi connectivity index (χ1n) is 5.66. The van der Waals surface area contributed by atoms with E-state index in [9.17, 15) is 4.79 Å². The van der Waals surface area contributed by atoms with Crippen LogP contribution in [0.5, 0.6) is 0 Å². The van der Waals surface area contributed by atoms with Crippen LogP contribution in [0.1, 0.15) is 20.8 Å². The van der Waals surface area contributed by atoms with E-state index in [1.54, 1.807) is 6.20 Å². The van der Waals surface area contributed by atoms with Gasteiger partial charge in [-0.2, -0.15) is 0 Å². The van der Waals surface area contributed by atoms with Crippen molar-refractivity contribution >= 4 is 17.3 Å². The first kappa shape index (κ1) is 12.7. The highest BCUT2D eigenvalue weighted by Gasteiger charge is 2.10. The van der Waals surface area contributed by atoms with Gasteiger partial charge in [0.2, 0.25) is 0 Å². The van der Waals surface area contributed by atoms with Crippen LogP contribution in [0.4, 0.5) is 0 Å². The first-order valence-corrected chi connectivity index (χ1v) is 6.54. The number of hydrogen-bond acceptors (Lipinski definition) is 4. The van der Waals surface area contributed by atoms with E-state index in [1.165, 1.54) is 16.9 Å². The molecule has 0 amide bonds. The van der Waals surface area contributed by atoms with Crippen molar-refractivity contribution in [3.05, 3.63) is 52.0 Å². The van der Waals surface area contributed by atoms with Crippen molar-refractivity contribution < 1.29 is 9.90 Å². The smallest absolute Gasteiger partial charge is 0.346 e. The average molecular weight is 262 g/mol. The van der Waals surface area contributed by atoms with Crippen molar-refractivity contribution in [2.75, 3.05) is 6.54 Å². The van der Waals surface area contributed by atoms with Crippen LogP contribution in [0.15, 0.2) is 36.0 Å². The third-order valence-corrected chi connectivity index (χ3v) is 3.51. The summed E-state index contributed by atoms with van der Waals surface area (Å²) < 4.78 is 0. The molecule has 0 aromatic carbocycles. The maximum absolute atomic E-state index is 10.9. The molecule has 0 bridgehead atoms. The summed E-state index contributed by atoms with van der Waals surface area (Å²) in [6.07, 6.45) is 4.48. The van der Waals surface area contributed by atoms with Gasteiger partial charge in [0.15, 0.2) is 0 Å². The Morgan fingerprint density at radius 2 is 2.33 bits per heavy atom. The maximum atomic E-state index is 10.9. The number of hydrogen-bond donors (Lipinski definition) is 2. The van der Waals surface area contributed by atoms with E-state index in [2.05, 4.69) is 10.3 Å². The molecule has 4 nitrogen and oxygen atoms in total. The molecule has 0 unspecified atom stereocenters. The van der Waals surface area contributed by atoms with E-state index < -0.39 is 5.97 Å². The van der Waals surface area contributed by atoms with Gasteiger partial charge in [-0.1, -0.05) is 6.07 Å². The van der Waals surface area contributed by atoms with Gasteiger partial charge < -0.3 is 10.4 Å². The van der Waals surface area contributed by atoms with Gasteiger partial charge in [0.25, 0.3) is 0 Å². The molecule has 0 fully saturated rings. The molecule has 2 aromatic heterocycles. The zero-order valence-electron chi connectivity index (χ0n) is 9.80. The average Bonchev–Trinajstić information content (AvgIpc) is 2.84. The summed E-state index contributed by atoms with van der Waals surface area (Å²) in [5, 5.41) is 14.0. The minimum atomic E-state index is -0.853. The van der Waals surface area contributed by atoms with E-state index >= 15 is 0 Å². The molecule has 2 heterocycles. The van der Waals surface area contributed by atoms with Gasteiger partial charge >= 0.3 is 5.97 Å². The lowest BCUT2D eigenvalue weighted by Crippen LogP contribution is -2.17. The molecule has 18 heavy (non-hydrogen) atoms. The fourth-order valence-corrected chi connectivity index (χ4v) is 2.43. The number of pyridine rings is 1. The van der Waals surface area contributed by atoms with Gasteiger partial charge in [-0.15, -0.1) is 11.3 Å². The fourth-order valence-electron chi connectivity index (χ4n) is 1.66. The Hall–Kier alpha value is -1.72. The van der Waals surface area contributed by atoms with E-state index in [1.807, 2.05) is 29.8 Å². The molecule has 0 spiro atoms. The molecule has 5 heteroatoms. The van der Waals surface area contributed by atoms with E-state index in [-0.39, 0.29) is 0 Å². The lowest BCUT2D eigenvalue weighted by molar-refractivity contribution is 0.0701. The molecule has 0 atom stereocenters. The van der Waals surface area contributed by atoms with Crippen molar-refractivity contribution in [3.8, 4) is 0 Å². The number of aromatic nitrogens is 1.